The molecule has 3 saturated heterocycles. The van der Waals surface area contributed by atoms with Crippen LogP contribution in [-0.2, 0) is 14.3 Å². The molecule has 3 fully saturated rings. The number of ether oxygens (including phenoxy) is 2. The summed E-state index contributed by atoms with van der Waals surface area (Å²) >= 11 is 2.28. The van der Waals surface area contributed by atoms with E-state index in [-0.39, 0.29) is 23.6 Å². The zero-order chi connectivity index (χ0) is 24.8. The lowest BCUT2D eigenvalue weighted by Crippen LogP contribution is -2.46. The van der Waals surface area contributed by atoms with E-state index in [1.807, 2.05) is 31.5 Å². The fraction of sp³-hybridized carbons (Fsp3) is 0.577. The number of hydrogen-bond donors (Lipinski definition) is 1. The first-order valence-electron chi connectivity index (χ1n) is 12.4. The molecule has 1 N–H and O–H groups in total. The van der Waals surface area contributed by atoms with E-state index < -0.39 is 5.60 Å². The summed E-state index contributed by atoms with van der Waals surface area (Å²) < 4.78 is 14.5. The molecule has 5 rings (SSSR count). The maximum Gasteiger partial charge on any atom is 0.410 e. The maximum absolute atomic E-state index is 12.9. The lowest BCUT2D eigenvalue weighted by Gasteiger charge is -2.39. The molecule has 2 amide bonds. The van der Waals surface area contributed by atoms with Crippen LogP contribution in [0.4, 0.5) is 4.79 Å². The highest BCUT2D eigenvalue weighted by atomic mass is 127. The van der Waals surface area contributed by atoms with Crippen molar-refractivity contribution in [2.75, 3.05) is 26.2 Å². The molecule has 3 aliphatic rings. The number of benzene rings is 1. The van der Waals surface area contributed by atoms with Gasteiger partial charge in [0.05, 0.1) is 5.52 Å². The number of fused-ring (bicyclic) bond motifs is 1. The number of hydrogen-bond acceptors (Lipinski definition) is 5. The number of carbonyl (C=O) groups is 2. The average Bonchev–Trinajstić information content (AvgIpc) is 3.31. The van der Waals surface area contributed by atoms with Gasteiger partial charge in [0.1, 0.15) is 9.30 Å². The van der Waals surface area contributed by atoms with Crippen molar-refractivity contribution >= 4 is 51.6 Å². The predicted molar refractivity (Wildman–Crippen MR) is 142 cm³/mol. The smallest absolute Gasteiger partial charge is 0.410 e. The van der Waals surface area contributed by atoms with Crippen LogP contribution in [0, 0.1) is 9.12 Å². The summed E-state index contributed by atoms with van der Waals surface area (Å²) in [4.78, 5) is 27.2. The molecule has 35 heavy (non-hydrogen) atoms. The van der Waals surface area contributed by atoms with E-state index in [9.17, 15) is 9.59 Å². The first kappa shape index (κ1) is 24.5. The third-order valence-electron chi connectivity index (χ3n) is 7.20. The van der Waals surface area contributed by atoms with Gasteiger partial charge >= 0.3 is 6.09 Å². The maximum atomic E-state index is 12.9. The van der Waals surface area contributed by atoms with Crippen molar-refractivity contribution in [3.63, 3.8) is 0 Å². The van der Waals surface area contributed by atoms with Crippen molar-refractivity contribution in [3.8, 4) is 0 Å². The Bertz CT molecular complexity index is 1170. The second-order valence-corrected chi connectivity index (χ2v) is 11.8. The molecule has 1 unspecified atom stereocenters. The molecule has 0 saturated carbocycles. The molecular formula is C26H33IN4O4. The van der Waals surface area contributed by atoms with Gasteiger partial charge in [0, 0.05) is 42.6 Å². The van der Waals surface area contributed by atoms with Gasteiger partial charge in [-0.2, -0.15) is 5.10 Å². The molecular weight excluding hydrogens is 559 g/mol. The second-order valence-electron chi connectivity index (χ2n) is 10.8. The van der Waals surface area contributed by atoms with Crippen LogP contribution in [0.5, 0.6) is 0 Å². The van der Waals surface area contributed by atoms with E-state index in [0.29, 0.717) is 19.6 Å². The summed E-state index contributed by atoms with van der Waals surface area (Å²) in [5.74, 6) is -0.0190. The predicted octanol–water partition coefficient (Wildman–Crippen LogP) is 4.87. The Morgan fingerprint density at radius 1 is 1.29 bits per heavy atom. The van der Waals surface area contributed by atoms with Crippen LogP contribution in [0.3, 0.4) is 0 Å². The van der Waals surface area contributed by atoms with Gasteiger partial charge in [-0.05, 0) is 99.2 Å². The Kier molecular flexibility index (Phi) is 6.58. The third-order valence-corrected chi connectivity index (χ3v) is 8.00. The van der Waals surface area contributed by atoms with E-state index in [4.69, 9.17) is 14.6 Å². The highest BCUT2D eigenvalue weighted by Crippen LogP contribution is 2.43. The number of piperidine rings is 1. The largest absolute Gasteiger partial charge is 0.444 e. The summed E-state index contributed by atoms with van der Waals surface area (Å²) in [6, 6.07) is 6.26. The van der Waals surface area contributed by atoms with Gasteiger partial charge in [0.2, 0.25) is 5.91 Å². The summed E-state index contributed by atoms with van der Waals surface area (Å²) in [6.45, 7) is 8.14. The molecule has 1 aromatic carbocycles. The minimum atomic E-state index is -0.520. The van der Waals surface area contributed by atoms with Crippen LogP contribution >= 0.6 is 22.6 Å². The van der Waals surface area contributed by atoms with Gasteiger partial charge < -0.3 is 19.7 Å². The Morgan fingerprint density at radius 2 is 2.06 bits per heavy atom. The first-order valence-corrected chi connectivity index (χ1v) is 13.5. The van der Waals surface area contributed by atoms with Crippen molar-refractivity contribution in [3.05, 3.63) is 33.0 Å². The van der Waals surface area contributed by atoms with Gasteiger partial charge in [-0.25, -0.2) is 9.48 Å². The summed E-state index contributed by atoms with van der Waals surface area (Å²) in [5.41, 5.74) is 2.02. The molecule has 1 aromatic heterocycles. The minimum absolute atomic E-state index is 0.0190. The summed E-state index contributed by atoms with van der Waals surface area (Å²) in [7, 11) is 0. The van der Waals surface area contributed by atoms with Gasteiger partial charge in [-0.15, -0.1) is 0 Å². The van der Waals surface area contributed by atoms with Crippen molar-refractivity contribution in [2.45, 2.75) is 64.7 Å². The van der Waals surface area contributed by atoms with Crippen LogP contribution in [0.25, 0.3) is 17.0 Å². The van der Waals surface area contributed by atoms with E-state index in [1.54, 1.807) is 4.90 Å². The van der Waals surface area contributed by atoms with Crippen molar-refractivity contribution < 1.29 is 19.1 Å². The van der Waals surface area contributed by atoms with Crippen LogP contribution in [0.15, 0.2) is 23.8 Å². The van der Waals surface area contributed by atoms with Gasteiger partial charge in [-0.3, -0.25) is 4.79 Å². The topological polar surface area (TPSA) is 85.7 Å². The molecule has 8 nitrogen and oxygen atoms in total. The highest BCUT2D eigenvalue weighted by molar-refractivity contribution is 14.1. The minimum Gasteiger partial charge on any atom is -0.444 e. The number of nitrogens with zero attached hydrogens (tertiary/aromatic N) is 3. The molecule has 9 heteroatoms. The summed E-state index contributed by atoms with van der Waals surface area (Å²) in [5, 5.41) is 8.92. The zero-order valence-corrected chi connectivity index (χ0v) is 22.8. The van der Waals surface area contributed by atoms with Gasteiger partial charge in [0.15, 0.2) is 6.23 Å². The summed E-state index contributed by atoms with van der Waals surface area (Å²) in [6.07, 6.45) is 6.33. The molecule has 2 aromatic rings. The monoisotopic (exact) mass is 592 g/mol. The Labute approximate surface area is 219 Å². The number of carbonyl (C=O) groups excluding carboxylic acids is 2. The standard InChI is InChI=1S/C26H33IN4O4/c1-25(2,3)35-24(33)30-11-9-26(10-12-30)16-28-23(32)19(26)14-17-7-8-18-20(15-17)31(29-22(18)27)21-6-4-5-13-34-21/h7-8,14-15,21H,4-6,9-13,16H2,1-3H3,(H,28,32)/b19-14-. The van der Waals surface area contributed by atoms with Crippen molar-refractivity contribution in [2.24, 2.45) is 5.41 Å². The molecule has 1 atom stereocenters. The fourth-order valence-corrected chi connectivity index (χ4v) is 5.99. The Balaban J connectivity index is 1.40. The number of nitrogens with one attached hydrogen (secondary N) is 1. The van der Waals surface area contributed by atoms with Gasteiger partial charge in [0.25, 0.3) is 0 Å². The molecule has 4 heterocycles. The van der Waals surface area contributed by atoms with E-state index in [1.165, 1.54) is 0 Å². The number of aromatic nitrogens is 2. The third kappa shape index (κ3) is 4.94. The van der Waals surface area contributed by atoms with Crippen LogP contribution in [-0.4, -0.2) is 58.5 Å². The molecule has 0 radical (unpaired) electrons. The van der Waals surface area contributed by atoms with Crippen molar-refractivity contribution in [1.82, 2.24) is 20.0 Å². The van der Waals surface area contributed by atoms with E-state index in [0.717, 1.165) is 64.5 Å². The lowest BCUT2D eigenvalue weighted by atomic mass is 9.73. The molecule has 3 aliphatic heterocycles. The first-order chi connectivity index (χ1) is 16.7. The van der Waals surface area contributed by atoms with E-state index >= 15 is 0 Å². The number of halogens is 1. The van der Waals surface area contributed by atoms with Crippen LogP contribution in [0.2, 0.25) is 0 Å². The molecule has 0 aliphatic carbocycles. The zero-order valence-electron chi connectivity index (χ0n) is 20.6. The number of amides is 2. The quantitative estimate of drug-likeness (QED) is 0.398. The fourth-order valence-electron chi connectivity index (χ4n) is 5.30. The van der Waals surface area contributed by atoms with Crippen molar-refractivity contribution in [1.29, 1.82) is 0 Å². The number of likely N-dealkylation sites (tertiary alicyclic amines) is 1. The van der Waals surface area contributed by atoms with Crippen LogP contribution < -0.4 is 5.32 Å². The second kappa shape index (κ2) is 9.38. The molecule has 188 valence electrons. The van der Waals surface area contributed by atoms with Crippen LogP contribution in [0.1, 0.15) is 64.7 Å². The van der Waals surface area contributed by atoms with E-state index in [2.05, 4.69) is 46.1 Å². The highest BCUT2D eigenvalue weighted by Gasteiger charge is 2.46. The normalized spacial score (nSPS) is 23.8. The molecule has 1 spiro atoms. The Morgan fingerprint density at radius 3 is 2.74 bits per heavy atom. The van der Waals surface area contributed by atoms with Gasteiger partial charge in [-0.1, -0.05) is 6.07 Å². The number of rotatable bonds is 2. The Hall–Kier alpha value is -2.14. The molecule has 0 bridgehead atoms. The lowest BCUT2D eigenvalue weighted by molar-refractivity contribution is -0.116. The average molecular weight is 592 g/mol. The SMILES string of the molecule is CC(C)(C)OC(=O)N1CCC2(CC1)CNC(=O)/C2=C/c1ccc2c(I)nn(C3CCCCO3)c2c1.